The molecule has 0 aliphatic carbocycles. The van der Waals surface area contributed by atoms with Crippen molar-refractivity contribution in [3.05, 3.63) is 18.7 Å². The summed E-state index contributed by atoms with van der Waals surface area (Å²) in [6.07, 6.45) is 10.8. The van der Waals surface area contributed by atoms with Gasteiger partial charge in [0.1, 0.15) is 6.10 Å². The van der Waals surface area contributed by atoms with Crippen molar-refractivity contribution in [1.82, 2.24) is 14.5 Å². The summed E-state index contributed by atoms with van der Waals surface area (Å²) in [6.45, 7) is 4.74. The van der Waals surface area contributed by atoms with Crippen molar-refractivity contribution in [1.29, 1.82) is 0 Å². The molecule has 0 aromatic carbocycles. The van der Waals surface area contributed by atoms with E-state index in [-0.39, 0.29) is 12.0 Å². The molecule has 23 heavy (non-hydrogen) atoms. The van der Waals surface area contributed by atoms with Crippen LogP contribution in [0.2, 0.25) is 0 Å². The highest BCUT2D eigenvalue weighted by Gasteiger charge is 2.28. The summed E-state index contributed by atoms with van der Waals surface area (Å²) < 4.78 is 13.5. The molecule has 3 rings (SSSR count). The highest BCUT2D eigenvalue weighted by Crippen LogP contribution is 2.22. The first-order valence-corrected chi connectivity index (χ1v) is 8.73. The van der Waals surface area contributed by atoms with Gasteiger partial charge >= 0.3 is 0 Å². The van der Waals surface area contributed by atoms with Crippen LogP contribution in [0, 0.1) is 0 Å². The number of hydrogen-bond donors (Lipinski definition) is 0. The van der Waals surface area contributed by atoms with Crippen molar-refractivity contribution in [2.45, 2.75) is 57.3 Å². The van der Waals surface area contributed by atoms with E-state index >= 15 is 0 Å². The molecule has 2 aliphatic rings. The van der Waals surface area contributed by atoms with E-state index in [1.807, 2.05) is 24.3 Å². The van der Waals surface area contributed by atoms with E-state index < -0.39 is 6.10 Å². The Bertz CT molecular complexity index is 485. The second kappa shape index (κ2) is 7.93. The maximum absolute atomic E-state index is 12.6. The average Bonchev–Trinajstić information content (AvgIpc) is 3.15. The second-order valence-electron chi connectivity index (χ2n) is 6.55. The van der Waals surface area contributed by atoms with Gasteiger partial charge in [0.15, 0.2) is 0 Å². The average molecular weight is 321 g/mol. The Morgan fingerprint density at radius 3 is 3.04 bits per heavy atom. The van der Waals surface area contributed by atoms with Crippen LogP contribution in [0.1, 0.15) is 45.1 Å². The van der Waals surface area contributed by atoms with Crippen molar-refractivity contribution >= 4 is 5.91 Å². The van der Waals surface area contributed by atoms with Gasteiger partial charge in [-0.2, -0.15) is 0 Å². The van der Waals surface area contributed by atoms with Crippen LogP contribution >= 0.6 is 0 Å². The van der Waals surface area contributed by atoms with E-state index in [1.54, 1.807) is 6.20 Å². The number of amides is 1. The monoisotopic (exact) mass is 321 g/mol. The molecule has 1 amide bonds. The van der Waals surface area contributed by atoms with Crippen molar-refractivity contribution in [3.8, 4) is 0 Å². The number of piperidine rings is 1. The number of likely N-dealkylation sites (tertiary alicyclic amines) is 1. The molecule has 6 nitrogen and oxygen atoms in total. The van der Waals surface area contributed by atoms with E-state index in [4.69, 9.17) is 9.47 Å². The first-order valence-electron chi connectivity index (χ1n) is 8.73. The maximum Gasteiger partial charge on any atom is 0.251 e. The molecule has 0 N–H and O–H groups in total. The van der Waals surface area contributed by atoms with Gasteiger partial charge in [-0.1, -0.05) is 0 Å². The van der Waals surface area contributed by atoms with E-state index in [9.17, 15) is 4.79 Å². The highest BCUT2D eigenvalue weighted by atomic mass is 16.5. The molecular weight excluding hydrogens is 294 g/mol. The Hall–Kier alpha value is -1.40. The molecule has 0 radical (unpaired) electrons. The van der Waals surface area contributed by atoms with Gasteiger partial charge in [-0.15, -0.1) is 0 Å². The third kappa shape index (κ3) is 4.32. The zero-order chi connectivity index (χ0) is 16.1. The number of imidazole rings is 1. The lowest BCUT2D eigenvalue weighted by atomic mass is 10.0. The molecule has 3 heterocycles. The van der Waals surface area contributed by atoms with Crippen molar-refractivity contribution in [3.63, 3.8) is 0 Å². The zero-order valence-electron chi connectivity index (χ0n) is 13.9. The van der Waals surface area contributed by atoms with Crippen LogP contribution < -0.4 is 0 Å². The minimum Gasteiger partial charge on any atom is -0.376 e. The summed E-state index contributed by atoms with van der Waals surface area (Å²) >= 11 is 0. The van der Waals surface area contributed by atoms with E-state index in [0.29, 0.717) is 12.6 Å². The number of hydrogen-bond acceptors (Lipinski definition) is 4. The van der Waals surface area contributed by atoms with Gasteiger partial charge in [0.25, 0.3) is 5.91 Å². The lowest BCUT2D eigenvalue weighted by Gasteiger charge is -2.35. The molecule has 3 unspecified atom stereocenters. The van der Waals surface area contributed by atoms with Crippen LogP contribution in [0.3, 0.4) is 0 Å². The van der Waals surface area contributed by atoms with Crippen LogP contribution in [-0.2, 0) is 14.3 Å². The van der Waals surface area contributed by atoms with Gasteiger partial charge < -0.3 is 18.9 Å². The van der Waals surface area contributed by atoms with Crippen LogP contribution in [0.25, 0.3) is 0 Å². The van der Waals surface area contributed by atoms with Crippen LogP contribution in [0.15, 0.2) is 18.7 Å². The molecule has 128 valence electrons. The summed E-state index contributed by atoms with van der Waals surface area (Å²) in [7, 11) is 0. The van der Waals surface area contributed by atoms with Crippen molar-refractivity contribution in [2.75, 3.05) is 26.3 Å². The van der Waals surface area contributed by atoms with Gasteiger partial charge in [0.2, 0.25) is 0 Å². The first-order chi connectivity index (χ1) is 11.2. The largest absolute Gasteiger partial charge is 0.376 e. The third-order valence-electron chi connectivity index (χ3n) is 4.81. The molecular formula is C17H27N3O3. The summed E-state index contributed by atoms with van der Waals surface area (Å²) in [5, 5.41) is 0. The topological polar surface area (TPSA) is 56.6 Å². The molecule has 2 fully saturated rings. The molecule has 0 bridgehead atoms. The summed E-state index contributed by atoms with van der Waals surface area (Å²) in [5.41, 5.74) is 0. The standard InChI is InChI=1S/C17H27N3O3/c1-14(23-12-16-6-2-3-10-22-16)17(21)19-8-4-5-15(11-19)20-9-7-18-13-20/h7,9,13-16H,2-6,8,10-12H2,1H3. The second-order valence-corrected chi connectivity index (χ2v) is 6.55. The minimum atomic E-state index is -0.401. The fraction of sp³-hybridized carbons (Fsp3) is 0.765. The number of rotatable bonds is 5. The molecule has 3 atom stereocenters. The number of aromatic nitrogens is 2. The molecule has 6 heteroatoms. The Morgan fingerprint density at radius 2 is 2.30 bits per heavy atom. The normalized spacial score (nSPS) is 26.9. The molecule has 2 aliphatic heterocycles. The summed E-state index contributed by atoms with van der Waals surface area (Å²) in [5.74, 6) is 0.0885. The van der Waals surface area contributed by atoms with Crippen LogP contribution in [0.5, 0.6) is 0 Å². The third-order valence-corrected chi connectivity index (χ3v) is 4.81. The fourth-order valence-electron chi connectivity index (χ4n) is 3.40. The van der Waals surface area contributed by atoms with Crippen LogP contribution in [0.4, 0.5) is 0 Å². The van der Waals surface area contributed by atoms with Crippen LogP contribution in [-0.4, -0.2) is 58.9 Å². The zero-order valence-corrected chi connectivity index (χ0v) is 13.9. The summed E-state index contributed by atoms with van der Waals surface area (Å²) in [6, 6.07) is 0.323. The molecule has 1 aromatic rings. The molecule has 2 saturated heterocycles. The molecule has 0 saturated carbocycles. The molecule has 1 aromatic heterocycles. The van der Waals surface area contributed by atoms with E-state index in [0.717, 1.165) is 45.4 Å². The maximum atomic E-state index is 12.6. The van der Waals surface area contributed by atoms with Gasteiger partial charge in [0.05, 0.1) is 25.1 Å². The summed E-state index contributed by atoms with van der Waals surface area (Å²) in [4.78, 5) is 18.7. The smallest absolute Gasteiger partial charge is 0.251 e. The Labute approximate surface area is 137 Å². The molecule has 0 spiro atoms. The van der Waals surface area contributed by atoms with E-state index in [1.165, 1.54) is 6.42 Å². The Kier molecular flexibility index (Phi) is 5.67. The first kappa shape index (κ1) is 16.5. The minimum absolute atomic E-state index is 0.0885. The highest BCUT2D eigenvalue weighted by molar-refractivity contribution is 5.80. The Morgan fingerprint density at radius 1 is 1.39 bits per heavy atom. The lowest BCUT2D eigenvalue weighted by Crippen LogP contribution is -2.45. The SMILES string of the molecule is CC(OCC1CCCCO1)C(=O)N1CCCC(n2ccnc2)C1. The number of carbonyl (C=O) groups is 1. The van der Waals surface area contributed by atoms with Gasteiger partial charge in [0, 0.05) is 32.1 Å². The lowest BCUT2D eigenvalue weighted by molar-refractivity contribution is -0.147. The van der Waals surface area contributed by atoms with Gasteiger partial charge in [-0.25, -0.2) is 4.98 Å². The van der Waals surface area contributed by atoms with Crippen molar-refractivity contribution < 1.29 is 14.3 Å². The van der Waals surface area contributed by atoms with Gasteiger partial charge in [-0.05, 0) is 39.0 Å². The number of carbonyl (C=O) groups excluding carboxylic acids is 1. The van der Waals surface area contributed by atoms with Crippen molar-refractivity contribution in [2.24, 2.45) is 0 Å². The number of ether oxygens (including phenoxy) is 2. The number of nitrogens with zero attached hydrogens (tertiary/aromatic N) is 3. The van der Waals surface area contributed by atoms with E-state index in [2.05, 4.69) is 9.55 Å². The van der Waals surface area contributed by atoms with Gasteiger partial charge in [-0.3, -0.25) is 4.79 Å². The predicted molar refractivity (Wildman–Crippen MR) is 86.1 cm³/mol. The quantitative estimate of drug-likeness (QED) is 0.832. The fourth-order valence-corrected chi connectivity index (χ4v) is 3.40. The predicted octanol–water partition coefficient (Wildman–Crippen LogP) is 2.02. The Balaban J connectivity index is 1.48.